The molecule has 0 aliphatic carbocycles. The fraction of sp³-hybridized carbons (Fsp3) is 0.227. The van der Waals surface area contributed by atoms with E-state index in [0.29, 0.717) is 12.2 Å². The summed E-state index contributed by atoms with van der Waals surface area (Å²) in [7, 11) is -0.258. The molecule has 0 saturated heterocycles. The average molecular weight is 456 g/mol. The lowest BCUT2D eigenvalue weighted by molar-refractivity contribution is -0.384. The number of rotatable bonds is 8. The van der Waals surface area contributed by atoms with Crippen molar-refractivity contribution in [1.29, 1.82) is 0 Å². The van der Waals surface area contributed by atoms with Crippen LogP contribution >= 0.6 is 0 Å². The Hall–Kier alpha value is -3.66. The molecule has 0 unspecified atom stereocenters. The van der Waals surface area contributed by atoms with Gasteiger partial charge in [-0.15, -0.1) is 0 Å². The van der Waals surface area contributed by atoms with Crippen molar-refractivity contribution in [3.05, 3.63) is 81.5 Å². The van der Waals surface area contributed by atoms with Crippen molar-refractivity contribution in [2.75, 3.05) is 29.0 Å². The van der Waals surface area contributed by atoms with Gasteiger partial charge in [-0.25, -0.2) is 13.4 Å². The van der Waals surface area contributed by atoms with Crippen LogP contribution in [-0.4, -0.2) is 32.4 Å². The van der Waals surface area contributed by atoms with E-state index >= 15 is 0 Å². The Bertz CT molecular complexity index is 1260. The van der Waals surface area contributed by atoms with E-state index in [1.165, 1.54) is 12.1 Å². The van der Waals surface area contributed by atoms with Crippen LogP contribution in [0.4, 0.5) is 22.9 Å². The summed E-state index contributed by atoms with van der Waals surface area (Å²) in [6.45, 7) is 4.02. The molecule has 0 spiro atoms. The normalized spacial score (nSPS) is 11.1. The second kappa shape index (κ2) is 9.23. The van der Waals surface area contributed by atoms with Crippen LogP contribution < -0.4 is 14.9 Å². The fourth-order valence-electron chi connectivity index (χ4n) is 3.12. The molecular formula is C22H25N5O4S. The number of nitrogens with one attached hydrogen (secondary N) is 2. The van der Waals surface area contributed by atoms with Crippen LogP contribution in [0.2, 0.25) is 0 Å². The van der Waals surface area contributed by atoms with Crippen LogP contribution in [0.25, 0.3) is 0 Å². The molecule has 0 aliphatic rings. The predicted molar refractivity (Wildman–Crippen MR) is 126 cm³/mol. The summed E-state index contributed by atoms with van der Waals surface area (Å²) in [4.78, 5) is 16.9. The number of nitro groups is 1. The van der Waals surface area contributed by atoms with Crippen LogP contribution in [0.3, 0.4) is 0 Å². The molecule has 0 saturated carbocycles. The lowest BCUT2D eigenvalue weighted by Crippen LogP contribution is -2.14. The Morgan fingerprint density at radius 3 is 2.41 bits per heavy atom. The molecule has 168 valence electrons. The summed E-state index contributed by atoms with van der Waals surface area (Å²) in [6, 6.07) is 12.8. The number of aromatic nitrogens is 1. The molecular weight excluding hydrogens is 430 g/mol. The highest BCUT2D eigenvalue weighted by Gasteiger charge is 2.22. The molecule has 3 aromatic rings. The first-order valence-corrected chi connectivity index (χ1v) is 11.3. The molecule has 3 rings (SSSR count). The van der Waals surface area contributed by atoms with Crippen molar-refractivity contribution in [1.82, 2.24) is 4.98 Å². The van der Waals surface area contributed by atoms with E-state index in [0.717, 1.165) is 28.6 Å². The van der Waals surface area contributed by atoms with E-state index in [4.69, 9.17) is 0 Å². The molecule has 0 fully saturated rings. The molecule has 0 atom stereocenters. The minimum absolute atomic E-state index is 0.187. The Morgan fingerprint density at radius 2 is 1.75 bits per heavy atom. The van der Waals surface area contributed by atoms with Gasteiger partial charge in [-0.1, -0.05) is 17.7 Å². The number of hydrogen-bond donors (Lipinski definition) is 2. The number of nitrogens with zero attached hydrogens (tertiary/aromatic N) is 3. The molecule has 2 N–H and O–H groups in total. The van der Waals surface area contributed by atoms with Crippen LogP contribution in [-0.2, 0) is 16.6 Å². The van der Waals surface area contributed by atoms with Crippen molar-refractivity contribution in [3.8, 4) is 0 Å². The minimum atomic E-state index is -4.00. The lowest BCUT2D eigenvalue weighted by atomic mass is 10.1. The van der Waals surface area contributed by atoms with Gasteiger partial charge in [0, 0.05) is 32.9 Å². The molecule has 10 heteroatoms. The standard InChI is InChI=1S/C22H25N5O4S/c1-15-5-7-19(16(2)11-15)25-32(30,31)18-6-8-20(21(13-18)27(28)29)24-14-17-9-10-23-22(12-17)26(3)4/h5-13,24-25H,14H2,1-4H3. The quantitative estimate of drug-likeness (QED) is 0.388. The van der Waals surface area contributed by atoms with Crippen LogP contribution in [0.1, 0.15) is 16.7 Å². The van der Waals surface area contributed by atoms with E-state index in [-0.39, 0.29) is 16.3 Å². The summed E-state index contributed by atoms with van der Waals surface area (Å²) in [5.74, 6) is 0.762. The van der Waals surface area contributed by atoms with Crippen molar-refractivity contribution < 1.29 is 13.3 Å². The zero-order valence-corrected chi connectivity index (χ0v) is 19.1. The SMILES string of the molecule is Cc1ccc(NS(=O)(=O)c2ccc(NCc3ccnc(N(C)C)c3)c([N+](=O)[O-])c2)c(C)c1. The fourth-order valence-corrected chi connectivity index (χ4v) is 4.27. The highest BCUT2D eigenvalue weighted by molar-refractivity contribution is 7.92. The van der Waals surface area contributed by atoms with Crippen molar-refractivity contribution in [2.24, 2.45) is 0 Å². The number of sulfonamides is 1. The third kappa shape index (κ3) is 5.33. The van der Waals surface area contributed by atoms with Gasteiger partial charge in [-0.3, -0.25) is 14.8 Å². The molecule has 0 aliphatic heterocycles. The molecule has 0 radical (unpaired) electrons. The second-order valence-electron chi connectivity index (χ2n) is 7.63. The summed E-state index contributed by atoms with van der Waals surface area (Å²) in [5, 5.41) is 14.7. The monoisotopic (exact) mass is 455 g/mol. The number of nitro benzene ring substituents is 1. The van der Waals surface area contributed by atoms with Crippen molar-refractivity contribution >= 4 is 32.9 Å². The third-order valence-electron chi connectivity index (χ3n) is 4.85. The molecule has 0 amide bonds. The summed E-state index contributed by atoms with van der Waals surface area (Å²) >= 11 is 0. The molecule has 9 nitrogen and oxygen atoms in total. The van der Waals surface area contributed by atoms with Gasteiger partial charge in [-0.05, 0) is 55.3 Å². The van der Waals surface area contributed by atoms with Crippen molar-refractivity contribution in [2.45, 2.75) is 25.3 Å². The van der Waals surface area contributed by atoms with E-state index in [1.807, 2.05) is 38.1 Å². The van der Waals surface area contributed by atoms with Gasteiger partial charge < -0.3 is 10.2 Å². The first kappa shape index (κ1) is 23.0. The zero-order valence-electron chi connectivity index (χ0n) is 18.3. The number of pyridine rings is 1. The average Bonchev–Trinajstić information content (AvgIpc) is 2.74. The first-order chi connectivity index (χ1) is 15.1. The smallest absolute Gasteiger partial charge is 0.293 e. The second-order valence-corrected chi connectivity index (χ2v) is 9.31. The number of hydrogen-bond acceptors (Lipinski definition) is 7. The summed E-state index contributed by atoms with van der Waals surface area (Å²) in [5.41, 5.74) is 2.97. The highest BCUT2D eigenvalue weighted by Crippen LogP contribution is 2.29. The van der Waals surface area contributed by atoms with Crippen LogP contribution in [0, 0.1) is 24.0 Å². The van der Waals surface area contributed by atoms with Gasteiger partial charge >= 0.3 is 0 Å². The van der Waals surface area contributed by atoms with Crippen LogP contribution in [0.15, 0.2) is 59.6 Å². The Kier molecular flexibility index (Phi) is 6.64. The van der Waals surface area contributed by atoms with E-state index < -0.39 is 14.9 Å². The van der Waals surface area contributed by atoms with E-state index in [2.05, 4.69) is 15.0 Å². The Balaban J connectivity index is 1.85. The maximum atomic E-state index is 12.8. The maximum Gasteiger partial charge on any atom is 0.293 e. The van der Waals surface area contributed by atoms with Gasteiger partial charge in [0.2, 0.25) is 0 Å². The maximum absolute atomic E-state index is 12.8. The summed E-state index contributed by atoms with van der Waals surface area (Å²) in [6.07, 6.45) is 1.66. The summed E-state index contributed by atoms with van der Waals surface area (Å²) < 4.78 is 28.2. The zero-order chi connectivity index (χ0) is 23.5. The lowest BCUT2D eigenvalue weighted by Gasteiger charge is -2.14. The predicted octanol–water partition coefficient (Wildman–Crippen LogP) is 4.09. The number of benzene rings is 2. The third-order valence-corrected chi connectivity index (χ3v) is 6.22. The topological polar surface area (TPSA) is 117 Å². The Labute approximate surface area is 187 Å². The number of aryl methyl sites for hydroxylation is 2. The molecule has 0 bridgehead atoms. The van der Waals surface area contributed by atoms with Gasteiger partial charge in [-0.2, -0.15) is 0 Å². The Morgan fingerprint density at radius 1 is 1.03 bits per heavy atom. The van der Waals surface area contributed by atoms with Crippen molar-refractivity contribution in [3.63, 3.8) is 0 Å². The highest BCUT2D eigenvalue weighted by atomic mass is 32.2. The van der Waals surface area contributed by atoms with Gasteiger partial charge in [0.1, 0.15) is 11.5 Å². The number of anilines is 3. The van der Waals surface area contributed by atoms with Gasteiger partial charge in [0.05, 0.1) is 15.5 Å². The van der Waals surface area contributed by atoms with E-state index in [1.54, 1.807) is 31.3 Å². The van der Waals surface area contributed by atoms with Gasteiger partial charge in [0.25, 0.3) is 15.7 Å². The molecule has 1 heterocycles. The molecule has 2 aromatic carbocycles. The molecule has 32 heavy (non-hydrogen) atoms. The van der Waals surface area contributed by atoms with E-state index in [9.17, 15) is 18.5 Å². The first-order valence-electron chi connectivity index (χ1n) is 9.81. The molecule has 1 aromatic heterocycles. The van der Waals surface area contributed by atoms with Gasteiger partial charge in [0.15, 0.2) is 0 Å². The van der Waals surface area contributed by atoms with Crippen LogP contribution in [0.5, 0.6) is 0 Å². The largest absolute Gasteiger partial charge is 0.375 e. The minimum Gasteiger partial charge on any atom is -0.375 e.